The molecule has 0 bridgehead atoms. The monoisotopic (exact) mass is 462 g/mol. The van der Waals surface area contributed by atoms with Gasteiger partial charge in [-0.25, -0.2) is 0 Å². The zero-order chi connectivity index (χ0) is 25.1. The summed E-state index contributed by atoms with van der Waals surface area (Å²) < 4.78 is 5.44. The lowest BCUT2D eigenvalue weighted by molar-refractivity contribution is -0.110. The van der Waals surface area contributed by atoms with Crippen molar-refractivity contribution in [2.24, 2.45) is 5.92 Å². The van der Waals surface area contributed by atoms with Gasteiger partial charge >= 0.3 is 0 Å². The number of carbonyl (C=O) groups excluding carboxylic acids is 1. The molecule has 0 atom stereocenters. The summed E-state index contributed by atoms with van der Waals surface area (Å²) in [5.74, 6) is -0.252. The molecule has 1 saturated heterocycles. The van der Waals surface area contributed by atoms with E-state index in [2.05, 4.69) is 41.7 Å². The molecule has 0 unspecified atom stereocenters. The summed E-state index contributed by atoms with van der Waals surface area (Å²) in [6.07, 6.45) is 8.21. The highest BCUT2D eigenvalue weighted by atomic mass is 16.5. The predicted octanol–water partition coefficient (Wildman–Crippen LogP) is 6.04. The second-order valence-electron chi connectivity index (χ2n) is 8.64. The Hall–Kier alpha value is -3.25. The second-order valence-corrected chi connectivity index (χ2v) is 8.64. The van der Waals surface area contributed by atoms with Crippen LogP contribution in [0.1, 0.15) is 39.7 Å². The van der Waals surface area contributed by atoms with E-state index < -0.39 is 5.91 Å². The fourth-order valence-corrected chi connectivity index (χ4v) is 3.47. The van der Waals surface area contributed by atoms with E-state index in [-0.39, 0.29) is 11.6 Å². The van der Waals surface area contributed by atoms with Gasteiger partial charge in [-0.05, 0) is 53.8 Å². The molecule has 2 aromatic rings. The quantitative estimate of drug-likeness (QED) is 0.389. The van der Waals surface area contributed by atoms with Gasteiger partial charge < -0.3 is 15.0 Å². The largest absolute Gasteiger partial charge is 0.378 e. The molecule has 1 aliphatic heterocycles. The Morgan fingerprint density at radius 2 is 1.91 bits per heavy atom. The number of benzene rings is 1. The number of amides is 1. The highest BCUT2D eigenvalue weighted by Gasteiger charge is 2.14. The lowest BCUT2D eigenvalue weighted by Crippen LogP contribution is -2.36. The summed E-state index contributed by atoms with van der Waals surface area (Å²) in [6, 6.07) is 7.87. The van der Waals surface area contributed by atoms with E-state index in [4.69, 9.17) is 10.1 Å². The van der Waals surface area contributed by atoms with Crippen LogP contribution in [0.15, 0.2) is 61.0 Å². The molecule has 1 aromatic carbocycles. The van der Waals surface area contributed by atoms with E-state index >= 15 is 0 Å². The van der Waals surface area contributed by atoms with Crippen LogP contribution in [-0.2, 0) is 9.53 Å². The van der Waals surface area contributed by atoms with Crippen LogP contribution in [-0.4, -0.2) is 42.9 Å². The van der Waals surface area contributed by atoms with Crippen molar-refractivity contribution < 1.29 is 9.53 Å². The van der Waals surface area contributed by atoms with Crippen LogP contribution >= 0.6 is 0 Å². The van der Waals surface area contributed by atoms with Crippen LogP contribution in [0, 0.1) is 18.3 Å². The molecule has 0 saturated carbocycles. The maximum Gasteiger partial charge on any atom is 0.273 e. The molecular formula is C28H38N4O2. The first-order valence-electron chi connectivity index (χ1n) is 11.9. The Morgan fingerprint density at radius 3 is 2.53 bits per heavy atom. The van der Waals surface area contributed by atoms with Gasteiger partial charge in [0, 0.05) is 30.5 Å². The number of nitrogens with zero attached hydrogens (tertiary/aromatic N) is 2. The average Bonchev–Trinajstić information content (AvgIpc) is 2.84. The third kappa shape index (κ3) is 7.66. The Bertz CT molecular complexity index is 1020. The van der Waals surface area contributed by atoms with Crippen LogP contribution in [0.25, 0.3) is 11.1 Å². The molecule has 6 nitrogen and oxygen atoms in total. The van der Waals surface area contributed by atoms with Gasteiger partial charge in [0.15, 0.2) is 0 Å². The molecule has 1 fully saturated rings. The molecule has 6 heteroatoms. The molecule has 3 rings (SSSR count). The lowest BCUT2D eigenvalue weighted by Gasteiger charge is -2.28. The van der Waals surface area contributed by atoms with Gasteiger partial charge in [0.05, 0.1) is 25.1 Å². The highest BCUT2D eigenvalue weighted by Crippen LogP contribution is 2.29. The summed E-state index contributed by atoms with van der Waals surface area (Å²) in [7, 11) is 0. The van der Waals surface area contributed by atoms with Gasteiger partial charge in [0.25, 0.3) is 5.91 Å². The fraction of sp³-hybridized carbons (Fsp3) is 0.393. The summed E-state index contributed by atoms with van der Waals surface area (Å²) in [5.41, 5.74) is 5.54. The molecular weight excluding hydrogens is 424 g/mol. The van der Waals surface area contributed by atoms with Crippen LogP contribution in [0.3, 0.4) is 0 Å². The molecule has 2 N–H and O–H groups in total. The Labute approximate surface area is 204 Å². The molecule has 0 spiro atoms. The van der Waals surface area contributed by atoms with Gasteiger partial charge in [-0.1, -0.05) is 52.8 Å². The van der Waals surface area contributed by atoms with Gasteiger partial charge in [-0.2, -0.15) is 0 Å². The maximum absolute atomic E-state index is 12.5. The molecule has 34 heavy (non-hydrogen) atoms. The Morgan fingerprint density at radius 1 is 1.24 bits per heavy atom. The minimum atomic E-state index is -0.449. The summed E-state index contributed by atoms with van der Waals surface area (Å²) in [6.45, 7) is 17.2. The number of allylic oxidation sites excluding steroid dienone is 2. The van der Waals surface area contributed by atoms with E-state index in [1.54, 1.807) is 12.2 Å². The van der Waals surface area contributed by atoms with Crippen molar-refractivity contribution in [1.82, 2.24) is 4.98 Å². The summed E-state index contributed by atoms with van der Waals surface area (Å²) in [4.78, 5) is 19.2. The average molecular weight is 463 g/mol. The fourth-order valence-electron chi connectivity index (χ4n) is 3.47. The van der Waals surface area contributed by atoms with Crippen molar-refractivity contribution in [3.63, 3.8) is 0 Å². The third-order valence-electron chi connectivity index (χ3n) is 5.36. The smallest absolute Gasteiger partial charge is 0.273 e. The van der Waals surface area contributed by atoms with Gasteiger partial charge in [0.1, 0.15) is 5.71 Å². The number of morpholine rings is 1. The predicted molar refractivity (Wildman–Crippen MR) is 143 cm³/mol. The first-order valence-corrected chi connectivity index (χ1v) is 11.9. The lowest BCUT2D eigenvalue weighted by atomic mass is 10.0. The van der Waals surface area contributed by atoms with Crippen LogP contribution in [0.2, 0.25) is 0 Å². The third-order valence-corrected chi connectivity index (χ3v) is 5.36. The number of hydrogen-bond acceptors (Lipinski definition) is 5. The number of aromatic nitrogens is 1. The van der Waals surface area contributed by atoms with Crippen LogP contribution in [0.4, 0.5) is 11.4 Å². The van der Waals surface area contributed by atoms with Crippen LogP contribution < -0.4 is 10.2 Å². The second kappa shape index (κ2) is 13.5. The van der Waals surface area contributed by atoms with E-state index in [0.717, 1.165) is 54.3 Å². The van der Waals surface area contributed by atoms with Crippen molar-refractivity contribution in [1.29, 1.82) is 5.41 Å². The molecule has 1 amide bonds. The van der Waals surface area contributed by atoms with E-state index in [0.29, 0.717) is 5.69 Å². The van der Waals surface area contributed by atoms with Gasteiger partial charge in [-0.15, -0.1) is 0 Å². The van der Waals surface area contributed by atoms with E-state index in [1.165, 1.54) is 6.42 Å². The molecule has 2 heterocycles. The molecule has 0 aliphatic carbocycles. The number of hydrogen-bond donors (Lipinski definition) is 2. The van der Waals surface area contributed by atoms with Gasteiger partial charge in [-0.3, -0.25) is 15.2 Å². The molecule has 1 aromatic heterocycles. The molecule has 0 radical (unpaired) electrons. The number of aryl methyl sites for hydroxylation is 1. The summed E-state index contributed by atoms with van der Waals surface area (Å²) >= 11 is 0. The zero-order valence-corrected chi connectivity index (χ0v) is 21.1. The summed E-state index contributed by atoms with van der Waals surface area (Å²) in [5, 5.41) is 10.9. The number of ether oxygens (including phenoxy) is 1. The number of pyridine rings is 1. The van der Waals surface area contributed by atoms with Crippen molar-refractivity contribution in [2.75, 3.05) is 36.5 Å². The molecule has 182 valence electrons. The van der Waals surface area contributed by atoms with Crippen molar-refractivity contribution in [3.8, 4) is 11.1 Å². The highest BCUT2D eigenvalue weighted by molar-refractivity contribution is 6.46. The minimum Gasteiger partial charge on any atom is -0.378 e. The zero-order valence-electron chi connectivity index (χ0n) is 21.1. The van der Waals surface area contributed by atoms with E-state index in [9.17, 15) is 4.79 Å². The first-order chi connectivity index (χ1) is 16.3. The van der Waals surface area contributed by atoms with Crippen molar-refractivity contribution in [2.45, 2.75) is 41.0 Å². The van der Waals surface area contributed by atoms with Crippen molar-refractivity contribution >= 4 is 23.0 Å². The van der Waals surface area contributed by atoms with Crippen molar-refractivity contribution in [3.05, 3.63) is 66.5 Å². The Kier molecular flexibility index (Phi) is 10.7. The normalized spacial score (nSPS) is 13.7. The van der Waals surface area contributed by atoms with Crippen LogP contribution in [0.5, 0.6) is 0 Å². The number of nitrogens with one attached hydrogen (secondary N) is 2. The minimum absolute atomic E-state index is 0.0956. The Balaban J connectivity index is 0.00000129. The standard InChI is InChI=1S/C25H30N4O2.C3H8/c1-5-19(17(2)3)13-24(26)25(30)28-21-7-6-18(4)23(14-21)20-12-22(16-27-15-20)29-8-10-31-11-9-29;1-3-2/h5-7,12-17,26H,1,8-11H2,2-4H3,(H,28,30);3H2,1-2H3/b19-13+,26-24?;. The SMILES string of the molecule is C=C/C(=C\C(=N)C(=O)Nc1ccc(C)c(-c2cncc(N3CCOCC3)c2)c1)C(C)C.CCC. The maximum atomic E-state index is 12.5. The first kappa shape index (κ1) is 27.0. The number of rotatable bonds is 7. The topological polar surface area (TPSA) is 78.3 Å². The van der Waals surface area contributed by atoms with Gasteiger partial charge in [0.2, 0.25) is 0 Å². The molecule has 1 aliphatic rings. The number of carbonyl (C=O) groups is 1. The van der Waals surface area contributed by atoms with E-state index in [1.807, 2.05) is 51.4 Å². The number of anilines is 2.